The van der Waals surface area contributed by atoms with Crippen LogP contribution in [0.5, 0.6) is 0 Å². The number of carbonyl (C=O) groups is 1. The Hall–Kier alpha value is -0.960. The summed E-state index contributed by atoms with van der Waals surface area (Å²) in [5, 5.41) is -0.663. The number of aromatic nitrogens is 1. The van der Waals surface area contributed by atoms with Crippen molar-refractivity contribution in [3.05, 3.63) is 29.3 Å². The summed E-state index contributed by atoms with van der Waals surface area (Å²) in [5.74, 6) is -0.695. The molecule has 0 N–H and O–H groups in total. The summed E-state index contributed by atoms with van der Waals surface area (Å²) in [7, 11) is 0. The van der Waals surface area contributed by atoms with Crippen LogP contribution in [0.2, 0.25) is 0 Å². The Morgan fingerprint density at radius 2 is 2.36 bits per heavy atom. The van der Waals surface area contributed by atoms with Gasteiger partial charge in [-0.25, -0.2) is 4.98 Å². The van der Waals surface area contributed by atoms with E-state index in [1.807, 2.05) is 0 Å². The molecule has 0 radical (unpaired) electrons. The van der Waals surface area contributed by atoms with Crippen LogP contribution < -0.4 is 0 Å². The number of halogens is 2. The van der Waals surface area contributed by atoms with Crippen LogP contribution in [0.3, 0.4) is 0 Å². The molecule has 0 atom stereocenters. The molecule has 0 aromatic carbocycles. The summed E-state index contributed by atoms with van der Waals surface area (Å²) in [6.07, 6.45) is 1.27. The van der Waals surface area contributed by atoms with Gasteiger partial charge in [-0.15, -0.1) is 0 Å². The molecule has 0 aliphatic rings. The maximum Gasteiger partial charge on any atom is 0.252 e. The molecule has 58 valence electrons. The fourth-order valence-electron chi connectivity index (χ4n) is 0.710. The van der Waals surface area contributed by atoms with E-state index in [-0.39, 0.29) is 5.56 Å². The molecular formula is C7H5ClFNO. The number of hydrogen-bond acceptors (Lipinski definition) is 2. The lowest BCUT2D eigenvalue weighted by molar-refractivity contribution is 0.108. The second kappa shape index (κ2) is 2.96. The third kappa shape index (κ3) is 1.74. The van der Waals surface area contributed by atoms with Crippen LogP contribution >= 0.6 is 11.6 Å². The van der Waals surface area contributed by atoms with Crippen molar-refractivity contribution in [2.75, 3.05) is 0 Å². The summed E-state index contributed by atoms with van der Waals surface area (Å²) >= 11 is 5.15. The van der Waals surface area contributed by atoms with Crippen molar-refractivity contribution in [3.63, 3.8) is 0 Å². The molecular weight excluding hydrogens is 169 g/mol. The predicted molar refractivity (Wildman–Crippen MR) is 39.1 cm³/mol. The summed E-state index contributed by atoms with van der Waals surface area (Å²) in [5.41, 5.74) is 0.741. The Kier molecular flexibility index (Phi) is 2.19. The Bertz CT molecular complexity index is 300. The molecule has 11 heavy (non-hydrogen) atoms. The molecule has 0 bridgehead atoms. The summed E-state index contributed by atoms with van der Waals surface area (Å²) in [6.45, 7) is 1.64. The van der Waals surface area contributed by atoms with E-state index >= 15 is 0 Å². The highest BCUT2D eigenvalue weighted by atomic mass is 35.5. The molecule has 0 saturated heterocycles. The van der Waals surface area contributed by atoms with Crippen LogP contribution in [0, 0.1) is 12.9 Å². The van der Waals surface area contributed by atoms with Gasteiger partial charge >= 0.3 is 0 Å². The first-order valence-electron chi connectivity index (χ1n) is 2.93. The van der Waals surface area contributed by atoms with E-state index in [9.17, 15) is 9.18 Å². The van der Waals surface area contributed by atoms with Crippen molar-refractivity contribution >= 4 is 16.8 Å². The van der Waals surface area contributed by atoms with Crippen LogP contribution in [-0.2, 0) is 0 Å². The van der Waals surface area contributed by atoms with Crippen LogP contribution in [0.4, 0.5) is 4.39 Å². The lowest BCUT2D eigenvalue weighted by Crippen LogP contribution is -1.96. The van der Waals surface area contributed by atoms with E-state index in [0.29, 0.717) is 5.56 Å². The average molecular weight is 174 g/mol. The zero-order chi connectivity index (χ0) is 8.43. The Balaban J connectivity index is 3.23. The lowest BCUT2D eigenvalue weighted by atomic mass is 10.2. The summed E-state index contributed by atoms with van der Waals surface area (Å²) in [6, 6.07) is 1.02. The third-order valence-electron chi connectivity index (χ3n) is 1.28. The fraction of sp³-hybridized carbons (Fsp3) is 0.143. The van der Waals surface area contributed by atoms with Crippen molar-refractivity contribution < 1.29 is 9.18 Å². The van der Waals surface area contributed by atoms with Gasteiger partial charge < -0.3 is 0 Å². The largest absolute Gasteiger partial charge is 0.276 e. The highest BCUT2D eigenvalue weighted by Crippen LogP contribution is 2.09. The van der Waals surface area contributed by atoms with Crippen LogP contribution in [0.1, 0.15) is 15.9 Å². The van der Waals surface area contributed by atoms with Gasteiger partial charge in [0.15, 0.2) is 0 Å². The van der Waals surface area contributed by atoms with Gasteiger partial charge in [-0.2, -0.15) is 4.39 Å². The van der Waals surface area contributed by atoms with Crippen molar-refractivity contribution in [2.45, 2.75) is 6.92 Å². The van der Waals surface area contributed by atoms with Crippen LogP contribution in [0.15, 0.2) is 12.3 Å². The molecule has 0 aliphatic carbocycles. The van der Waals surface area contributed by atoms with E-state index in [2.05, 4.69) is 4.98 Å². The molecule has 2 nitrogen and oxygen atoms in total. The maximum absolute atomic E-state index is 12.4. The molecule has 0 fully saturated rings. The number of hydrogen-bond donors (Lipinski definition) is 0. The molecule has 4 heteroatoms. The van der Waals surface area contributed by atoms with Crippen molar-refractivity contribution in [1.29, 1.82) is 0 Å². The van der Waals surface area contributed by atoms with E-state index in [4.69, 9.17) is 11.6 Å². The number of nitrogens with zero attached hydrogens (tertiary/aromatic N) is 1. The van der Waals surface area contributed by atoms with Crippen LogP contribution in [-0.4, -0.2) is 10.2 Å². The van der Waals surface area contributed by atoms with Crippen molar-refractivity contribution in [2.24, 2.45) is 0 Å². The first-order valence-corrected chi connectivity index (χ1v) is 3.31. The predicted octanol–water partition coefficient (Wildman–Crippen LogP) is 1.91. The summed E-state index contributed by atoms with van der Waals surface area (Å²) < 4.78 is 12.4. The Morgan fingerprint density at radius 1 is 1.73 bits per heavy atom. The van der Waals surface area contributed by atoms with Gasteiger partial charge in [0.05, 0.1) is 0 Å². The third-order valence-corrected chi connectivity index (χ3v) is 1.49. The first-order chi connectivity index (χ1) is 5.11. The van der Waals surface area contributed by atoms with Gasteiger partial charge in [0.2, 0.25) is 5.95 Å². The minimum absolute atomic E-state index is 0.166. The van der Waals surface area contributed by atoms with Gasteiger partial charge in [-0.3, -0.25) is 4.79 Å². The molecule has 1 rings (SSSR count). The van der Waals surface area contributed by atoms with Gasteiger partial charge in [-0.1, -0.05) is 0 Å². The van der Waals surface area contributed by atoms with E-state index in [0.717, 1.165) is 6.07 Å². The summed E-state index contributed by atoms with van der Waals surface area (Å²) in [4.78, 5) is 13.9. The first kappa shape index (κ1) is 8.14. The number of carbonyl (C=O) groups excluding carboxylic acids is 1. The van der Waals surface area contributed by atoms with E-state index in [1.165, 1.54) is 6.20 Å². The second-order valence-electron chi connectivity index (χ2n) is 2.10. The molecule has 0 amide bonds. The molecule has 0 saturated carbocycles. The zero-order valence-corrected chi connectivity index (χ0v) is 6.52. The quantitative estimate of drug-likeness (QED) is 0.480. The Labute approximate surface area is 68.0 Å². The fourth-order valence-corrected chi connectivity index (χ4v) is 0.914. The molecule has 1 heterocycles. The second-order valence-corrected chi connectivity index (χ2v) is 2.44. The Morgan fingerprint density at radius 3 is 2.82 bits per heavy atom. The van der Waals surface area contributed by atoms with Gasteiger partial charge in [0, 0.05) is 17.8 Å². The smallest absolute Gasteiger partial charge is 0.252 e. The standard InChI is InChI=1S/C7H5ClFNO/c1-4-3-10-6(9)2-5(4)7(8)11/h2-3H,1H3. The van der Waals surface area contributed by atoms with E-state index in [1.54, 1.807) is 6.92 Å². The normalized spacial score (nSPS) is 9.73. The average Bonchev–Trinajstić information content (AvgIpc) is 1.94. The topological polar surface area (TPSA) is 30.0 Å². The van der Waals surface area contributed by atoms with Gasteiger partial charge in [0.25, 0.3) is 5.24 Å². The van der Waals surface area contributed by atoms with Gasteiger partial charge in [-0.05, 0) is 24.1 Å². The number of aryl methyl sites for hydroxylation is 1. The number of pyridine rings is 1. The molecule has 0 spiro atoms. The van der Waals surface area contributed by atoms with Crippen LogP contribution in [0.25, 0.3) is 0 Å². The number of rotatable bonds is 1. The molecule has 1 aromatic heterocycles. The monoisotopic (exact) mass is 173 g/mol. The zero-order valence-electron chi connectivity index (χ0n) is 5.77. The highest BCUT2D eigenvalue weighted by molar-refractivity contribution is 6.67. The lowest BCUT2D eigenvalue weighted by Gasteiger charge is -1.97. The van der Waals surface area contributed by atoms with Gasteiger partial charge in [0.1, 0.15) is 0 Å². The SMILES string of the molecule is Cc1cnc(F)cc1C(=O)Cl. The molecule has 1 aromatic rings. The maximum atomic E-state index is 12.4. The highest BCUT2D eigenvalue weighted by Gasteiger charge is 2.06. The minimum atomic E-state index is -0.695. The van der Waals surface area contributed by atoms with E-state index < -0.39 is 11.2 Å². The molecule has 0 unspecified atom stereocenters. The van der Waals surface area contributed by atoms with Crippen molar-refractivity contribution in [3.8, 4) is 0 Å². The van der Waals surface area contributed by atoms with Crippen molar-refractivity contribution in [1.82, 2.24) is 4.98 Å². The minimum Gasteiger partial charge on any atom is -0.276 e. The molecule has 0 aliphatic heterocycles.